The Morgan fingerprint density at radius 1 is 1.15 bits per heavy atom. The molecular weight excluding hydrogens is 340 g/mol. The van der Waals surface area contributed by atoms with Crippen molar-refractivity contribution < 1.29 is 4.79 Å². The quantitative estimate of drug-likeness (QED) is 0.627. The van der Waals surface area contributed by atoms with Crippen molar-refractivity contribution in [3.05, 3.63) is 54.1 Å². The third kappa shape index (κ3) is 4.98. The molecule has 1 aromatic carbocycles. The number of para-hydroxylation sites is 1. The van der Waals surface area contributed by atoms with Gasteiger partial charge in [-0.05, 0) is 46.1 Å². The second-order valence-electron chi connectivity index (χ2n) is 6.60. The SMILES string of the molecule is Cc1nc(NCCCN(C)C)cc(C(=O)Nc2cccc3cccnc23)n1. The molecule has 27 heavy (non-hydrogen) atoms. The molecule has 3 aromatic rings. The molecule has 0 aliphatic rings. The molecule has 0 fully saturated rings. The largest absolute Gasteiger partial charge is 0.370 e. The van der Waals surface area contributed by atoms with Gasteiger partial charge in [0.1, 0.15) is 17.3 Å². The number of nitrogens with zero attached hydrogens (tertiary/aromatic N) is 4. The molecule has 0 radical (unpaired) electrons. The van der Waals surface area contributed by atoms with Gasteiger partial charge in [0, 0.05) is 24.2 Å². The Bertz CT molecular complexity index is 935. The van der Waals surface area contributed by atoms with Gasteiger partial charge in [-0.3, -0.25) is 9.78 Å². The van der Waals surface area contributed by atoms with Crippen LogP contribution in [0.5, 0.6) is 0 Å². The van der Waals surface area contributed by atoms with Crippen LogP contribution in [0, 0.1) is 6.92 Å². The number of benzene rings is 1. The van der Waals surface area contributed by atoms with Crippen LogP contribution in [0.3, 0.4) is 0 Å². The van der Waals surface area contributed by atoms with Crippen molar-refractivity contribution in [2.75, 3.05) is 37.8 Å². The van der Waals surface area contributed by atoms with Crippen molar-refractivity contribution in [2.45, 2.75) is 13.3 Å². The molecule has 0 atom stereocenters. The van der Waals surface area contributed by atoms with Gasteiger partial charge >= 0.3 is 0 Å². The summed E-state index contributed by atoms with van der Waals surface area (Å²) in [4.78, 5) is 27.8. The number of aromatic nitrogens is 3. The first kappa shape index (κ1) is 18.7. The Balaban J connectivity index is 1.74. The van der Waals surface area contributed by atoms with E-state index in [1.54, 1.807) is 19.2 Å². The molecule has 0 bridgehead atoms. The van der Waals surface area contributed by atoms with Crippen molar-refractivity contribution in [3.63, 3.8) is 0 Å². The van der Waals surface area contributed by atoms with Gasteiger partial charge in [-0.1, -0.05) is 18.2 Å². The van der Waals surface area contributed by atoms with Gasteiger partial charge in [-0.25, -0.2) is 9.97 Å². The van der Waals surface area contributed by atoms with Crippen LogP contribution in [-0.4, -0.2) is 52.9 Å². The molecule has 2 N–H and O–H groups in total. The first-order valence-corrected chi connectivity index (χ1v) is 8.92. The topological polar surface area (TPSA) is 83.0 Å². The molecule has 0 aliphatic heterocycles. The van der Waals surface area contributed by atoms with Gasteiger partial charge in [0.25, 0.3) is 5.91 Å². The molecule has 0 saturated carbocycles. The number of rotatable bonds is 7. The number of fused-ring (bicyclic) bond motifs is 1. The summed E-state index contributed by atoms with van der Waals surface area (Å²) in [6.07, 6.45) is 2.70. The number of hydrogen-bond donors (Lipinski definition) is 2. The Kier molecular flexibility index (Phi) is 5.93. The monoisotopic (exact) mass is 364 g/mol. The average Bonchev–Trinajstić information content (AvgIpc) is 2.65. The molecule has 2 aromatic heterocycles. The molecule has 140 valence electrons. The number of amides is 1. The van der Waals surface area contributed by atoms with E-state index in [-0.39, 0.29) is 5.91 Å². The lowest BCUT2D eigenvalue weighted by Gasteiger charge is -2.12. The van der Waals surface area contributed by atoms with E-state index in [0.717, 1.165) is 30.4 Å². The summed E-state index contributed by atoms with van der Waals surface area (Å²) in [5.41, 5.74) is 1.74. The fourth-order valence-corrected chi connectivity index (χ4v) is 2.78. The van der Waals surface area contributed by atoms with Crippen LogP contribution in [0.2, 0.25) is 0 Å². The Morgan fingerprint density at radius 3 is 2.78 bits per heavy atom. The van der Waals surface area contributed by atoms with Crippen molar-refractivity contribution in [1.29, 1.82) is 0 Å². The molecule has 0 aliphatic carbocycles. The van der Waals surface area contributed by atoms with E-state index in [1.807, 2.05) is 44.4 Å². The second kappa shape index (κ2) is 8.55. The summed E-state index contributed by atoms with van der Waals surface area (Å²) in [7, 11) is 4.08. The van der Waals surface area contributed by atoms with Crippen LogP contribution in [0.15, 0.2) is 42.6 Å². The number of pyridine rings is 1. The first-order valence-electron chi connectivity index (χ1n) is 8.92. The molecule has 7 heteroatoms. The number of carbonyl (C=O) groups is 1. The van der Waals surface area contributed by atoms with E-state index in [4.69, 9.17) is 0 Å². The third-order valence-electron chi connectivity index (χ3n) is 4.04. The zero-order valence-corrected chi connectivity index (χ0v) is 15.9. The van der Waals surface area contributed by atoms with Crippen molar-refractivity contribution >= 4 is 28.3 Å². The maximum Gasteiger partial charge on any atom is 0.274 e. The van der Waals surface area contributed by atoms with Gasteiger partial charge in [0.2, 0.25) is 0 Å². The van der Waals surface area contributed by atoms with E-state index < -0.39 is 0 Å². The van der Waals surface area contributed by atoms with Crippen LogP contribution in [0.25, 0.3) is 10.9 Å². The minimum atomic E-state index is -0.282. The van der Waals surface area contributed by atoms with Crippen LogP contribution >= 0.6 is 0 Å². The number of anilines is 2. The zero-order valence-electron chi connectivity index (χ0n) is 15.9. The summed E-state index contributed by atoms with van der Waals surface area (Å²) in [6, 6.07) is 11.2. The Hall–Kier alpha value is -3.06. The van der Waals surface area contributed by atoms with E-state index in [9.17, 15) is 4.79 Å². The predicted molar refractivity (Wildman–Crippen MR) is 108 cm³/mol. The van der Waals surface area contributed by atoms with Crippen LogP contribution in [0.1, 0.15) is 22.7 Å². The predicted octanol–water partition coefficient (Wildman–Crippen LogP) is 2.95. The van der Waals surface area contributed by atoms with E-state index in [0.29, 0.717) is 23.0 Å². The summed E-state index contributed by atoms with van der Waals surface area (Å²) in [5, 5.41) is 7.14. The van der Waals surface area contributed by atoms with Crippen molar-refractivity contribution in [3.8, 4) is 0 Å². The van der Waals surface area contributed by atoms with Gasteiger partial charge in [0.05, 0.1) is 11.2 Å². The summed E-state index contributed by atoms with van der Waals surface area (Å²) >= 11 is 0. The van der Waals surface area contributed by atoms with Gasteiger partial charge in [-0.15, -0.1) is 0 Å². The number of nitrogens with one attached hydrogen (secondary N) is 2. The first-order chi connectivity index (χ1) is 13.0. The lowest BCUT2D eigenvalue weighted by atomic mass is 10.2. The zero-order chi connectivity index (χ0) is 19.2. The van der Waals surface area contributed by atoms with Crippen molar-refractivity contribution in [1.82, 2.24) is 19.9 Å². The average molecular weight is 364 g/mol. The molecular formula is C20H24N6O. The number of carbonyl (C=O) groups excluding carboxylic acids is 1. The minimum absolute atomic E-state index is 0.282. The highest BCUT2D eigenvalue weighted by Crippen LogP contribution is 2.21. The van der Waals surface area contributed by atoms with Gasteiger partial charge in [0.15, 0.2) is 0 Å². The Morgan fingerprint density at radius 2 is 1.96 bits per heavy atom. The second-order valence-corrected chi connectivity index (χ2v) is 6.60. The normalized spacial score (nSPS) is 11.0. The third-order valence-corrected chi connectivity index (χ3v) is 4.04. The number of hydrogen-bond acceptors (Lipinski definition) is 6. The fourth-order valence-electron chi connectivity index (χ4n) is 2.78. The van der Waals surface area contributed by atoms with Gasteiger partial charge in [-0.2, -0.15) is 0 Å². The Labute approximate surface area is 158 Å². The van der Waals surface area contributed by atoms with Gasteiger partial charge < -0.3 is 15.5 Å². The maximum absolute atomic E-state index is 12.7. The molecule has 0 spiro atoms. The highest BCUT2D eigenvalue weighted by atomic mass is 16.1. The highest BCUT2D eigenvalue weighted by molar-refractivity contribution is 6.07. The smallest absolute Gasteiger partial charge is 0.274 e. The van der Waals surface area contributed by atoms with E-state index in [1.165, 1.54) is 0 Å². The van der Waals surface area contributed by atoms with Crippen LogP contribution in [-0.2, 0) is 0 Å². The van der Waals surface area contributed by atoms with E-state index in [2.05, 4.69) is 30.5 Å². The molecule has 1 amide bonds. The van der Waals surface area contributed by atoms with E-state index >= 15 is 0 Å². The van der Waals surface area contributed by atoms with Crippen LogP contribution in [0.4, 0.5) is 11.5 Å². The molecule has 7 nitrogen and oxygen atoms in total. The fraction of sp³-hybridized carbons (Fsp3) is 0.300. The minimum Gasteiger partial charge on any atom is -0.370 e. The number of aryl methyl sites for hydroxylation is 1. The summed E-state index contributed by atoms with van der Waals surface area (Å²) in [6.45, 7) is 3.54. The van der Waals surface area contributed by atoms with Crippen molar-refractivity contribution in [2.24, 2.45) is 0 Å². The standard InChI is InChI=1S/C20H24N6O/c1-14-23-17(13-18(24-14)21-11-6-12-26(2)3)20(27)25-16-9-4-7-15-8-5-10-22-19(15)16/h4-5,7-10,13H,6,11-12H2,1-3H3,(H,25,27)(H,21,23,24). The lowest BCUT2D eigenvalue weighted by molar-refractivity contribution is 0.102. The molecule has 0 saturated heterocycles. The molecule has 0 unspecified atom stereocenters. The highest BCUT2D eigenvalue weighted by Gasteiger charge is 2.12. The molecule has 3 rings (SSSR count). The summed E-state index contributed by atoms with van der Waals surface area (Å²) < 4.78 is 0. The lowest BCUT2D eigenvalue weighted by Crippen LogP contribution is -2.18. The molecule has 2 heterocycles. The van der Waals surface area contributed by atoms with Crippen LogP contribution < -0.4 is 10.6 Å². The maximum atomic E-state index is 12.7. The summed E-state index contributed by atoms with van der Waals surface area (Å²) in [5.74, 6) is 0.922.